The predicted molar refractivity (Wildman–Crippen MR) is 196 cm³/mol. The molecule has 1 unspecified atom stereocenters. The van der Waals surface area contributed by atoms with Gasteiger partial charge >= 0.3 is 0 Å². The SMILES string of the molecule is C=CCNC(=O)C(=O)C(CC1CCC1)NC(=O)[C@@H]1[C@@H](C=C(C)C)CCN1C(=O)[C@@H](NC(=O)[C@@H](NC(=O)c1cnccn1)C1CCCCC1)C(C)(C)C. The number of nitrogens with one attached hydrogen (secondary N) is 4. The molecular weight excluding hydrogens is 662 g/mol. The smallest absolute Gasteiger partial charge is 0.289 e. The number of hydrogen-bond donors (Lipinski definition) is 4. The summed E-state index contributed by atoms with van der Waals surface area (Å²) < 4.78 is 0. The monoisotopic (exact) mass is 719 g/mol. The van der Waals surface area contributed by atoms with Crippen LogP contribution in [0.1, 0.15) is 109 Å². The molecule has 0 radical (unpaired) electrons. The number of amides is 5. The van der Waals surface area contributed by atoms with Gasteiger partial charge in [-0.05, 0) is 56.8 Å². The predicted octanol–water partition coefficient (Wildman–Crippen LogP) is 3.42. The highest BCUT2D eigenvalue weighted by atomic mass is 16.2. The Morgan fingerprint density at radius 1 is 0.942 bits per heavy atom. The first-order valence-electron chi connectivity index (χ1n) is 18.8. The van der Waals surface area contributed by atoms with Gasteiger partial charge in [-0.2, -0.15) is 0 Å². The summed E-state index contributed by atoms with van der Waals surface area (Å²) in [5.41, 5.74) is 0.279. The fraction of sp³-hybridized carbons (Fsp3) is 0.641. The van der Waals surface area contributed by atoms with Crippen molar-refractivity contribution in [3.05, 3.63) is 48.6 Å². The molecule has 4 N–H and O–H groups in total. The van der Waals surface area contributed by atoms with Crippen molar-refractivity contribution in [2.45, 2.75) is 123 Å². The van der Waals surface area contributed by atoms with Crippen molar-refractivity contribution in [1.29, 1.82) is 0 Å². The topological polar surface area (TPSA) is 180 Å². The van der Waals surface area contributed by atoms with Crippen molar-refractivity contribution in [3.63, 3.8) is 0 Å². The summed E-state index contributed by atoms with van der Waals surface area (Å²) >= 11 is 0. The molecule has 4 rings (SSSR count). The van der Waals surface area contributed by atoms with Crippen LogP contribution in [0, 0.1) is 23.2 Å². The van der Waals surface area contributed by atoms with Crippen molar-refractivity contribution in [3.8, 4) is 0 Å². The Hall–Kier alpha value is -4.42. The standard InChI is InChI=1S/C39H57N7O6/c1-7-17-42-37(51)32(47)28(22-25-12-11-13-25)43-36(50)31-27(21-24(2)3)16-20-46(31)38(52)33(39(4,5)6)45-35(49)30(26-14-9-8-10-15-26)44-34(48)29-23-40-18-19-41-29/h7,18-19,21,23,25-28,30-31,33H,1,8-17,20,22H2,2-6H3,(H,42,51)(H,43,50)(H,44,48)(H,45,49)/t27-,28?,30+,31+,33-/m1/s1. The molecule has 284 valence electrons. The molecule has 1 aromatic heterocycles. The van der Waals surface area contributed by atoms with E-state index in [0.29, 0.717) is 12.8 Å². The molecule has 13 nitrogen and oxygen atoms in total. The van der Waals surface area contributed by atoms with Crippen LogP contribution < -0.4 is 21.3 Å². The molecule has 2 aliphatic carbocycles. The van der Waals surface area contributed by atoms with E-state index in [1.54, 1.807) is 0 Å². The second-order valence-electron chi connectivity index (χ2n) is 15.9. The number of carbonyl (C=O) groups excluding carboxylic acids is 6. The Balaban J connectivity index is 1.60. The van der Waals surface area contributed by atoms with E-state index in [1.165, 1.54) is 29.6 Å². The van der Waals surface area contributed by atoms with Gasteiger partial charge in [0.15, 0.2) is 0 Å². The number of rotatable bonds is 15. The van der Waals surface area contributed by atoms with Gasteiger partial charge in [-0.3, -0.25) is 33.8 Å². The van der Waals surface area contributed by atoms with Gasteiger partial charge < -0.3 is 26.2 Å². The fourth-order valence-corrected chi connectivity index (χ4v) is 7.51. The summed E-state index contributed by atoms with van der Waals surface area (Å²) in [5.74, 6) is -3.74. The van der Waals surface area contributed by atoms with Crippen LogP contribution in [0.15, 0.2) is 42.9 Å². The van der Waals surface area contributed by atoms with Gasteiger partial charge in [0, 0.05) is 31.4 Å². The van der Waals surface area contributed by atoms with E-state index in [2.05, 4.69) is 37.8 Å². The van der Waals surface area contributed by atoms with Gasteiger partial charge in [0.25, 0.3) is 11.8 Å². The molecule has 5 atom stereocenters. The Morgan fingerprint density at radius 3 is 2.23 bits per heavy atom. The highest BCUT2D eigenvalue weighted by molar-refractivity contribution is 6.38. The second-order valence-corrected chi connectivity index (χ2v) is 15.9. The molecule has 1 saturated heterocycles. The van der Waals surface area contributed by atoms with Gasteiger partial charge in [-0.15, -0.1) is 6.58 Å². The number of Topliss-reactive ketones (excluding diaryl/α,β-unsaturated/α-hetero) is 1. The third-order valence-corrected chi connectivity index (χ3v) is 10.5. The molecule has 3 aliphatic rings. The van der Waals surface area contributed by atoms with Gasteiger partial charge in [-0.1, -0.05) is 77.0 Å². The zero-order chi connectivity index (χ0) is 38.0. The summed E-state index contributed by atoms with van der Waals surface area (Å²) in [4.78, 5) is 92.0. The van der Waals surface area contributed by atoms with Crippen molar-refractivity contribution in [2.75, 3.05) is 13.1 Å². The quantitative estimate of drug-likeness (QED) is 0.157. The summed E-state index contributed by atoms with van der Waals surface area (Å²) in [7, 11) is 0. The van der Waals surface area contributed by atoms with Crippen LogP contribution in [-0.4, -0.2) is 87.4 Å². The van der Waals surface area contributed by atoms with Crippen LogP contribution in [0.2, 0.25) is 0 Å². The average molecular weight is 720 g/mol. The lowest BCUT2D eigenvalue weighted by molar-refractivity contribution is -0.146. The van der Waals surface area contributed by atoms with Crippen LogP contribution in [0.25, 0.3) is 0 Å². The van der Waals surface area contributed by atoms with Gasteiger partial charge in [0.1, 0.15) is 23.8 Å². The van der Waals surface area contributed by atoms with Crippen molar-refractivity contribution in [2.24, 2.45) is 23.2 Å². The van der Waals surface area contributed by atoms with Crippen molar-refractivity contribution in [1.82, 2.24) is 36.1 Å². The number of allylic oxidation sites excluding steroid dienone is 1. The highest BCUT2D eigenvalue weighted by Gasteiger charge is 2.47. The van der Waals surface area contributed by atoms with E-state index in [1.807, 2.05) is 40.7 Å². The minimum absolute atomic E-state index is 0.0862. The van der Waals surface area contributed by atoms with E-state index in [0.717, 1.165) is 56.9 Å². The second kappa shape index (κ2) is 18.4. The molecule has 3 fully saturated rings. The third kappa shape index (κ3) is 10.6. The first-order chi connectivity index (χ1) is 24.7. The molecule has 2 saturated carbocycles. The minimum atomic E-state index is -1.04. The highest BCUT2D eigenvalue weighted by Crippen LogP contribution is 2.33. The summed E-state index contributed by atoms with van der Waals surface area (Å²) in [6, 6.07) is -3.96. The molecule has 0 spiro atoms. The summed E-state index contributed by atoms with van der Waals surface area (Å²) in [6.07, 6.45) is 15.7. The van der Waals surface area contributed by atoms with Gasteiger partial charge in [0.2, 0.25) is 23.5 Å². The number of carbonyl (C=O) groups is 6. The third-order valence-electron chi connectivity index (χ3n) is 10.5. The Morgan fingerprint density at radius 2 is 1.65 bits per heavy atom. The van der Waals surface area contributed by atoms with E-state index in [-0.39, 0.29) is 36.5 Å². The first-order valence-corrected chi connectivity index (χ1v) is 18.8. The van der Waals surface area contributed by atoms with Gasteiger partial charge in [0.05, 0.1) is 12.2 Å². The van der Waals surface area contributed by atoms with Gasteiger partial charge in [-0.25, -0.2) is 4.98 Å². The molecule has 5 amide bonds. The Labute approximate surface area is 307 Å². The summed E-state index contributed by atoms with van der Waals surface area (Å²) in [6.45, 7) is 13.3. The van der Waals surface area contributed by atoms with Crippen LogP contribution >= 0.6 is 0 Å². The maximum Gasteiger partial charge on any atom is 0.289 e. The molecule has 13 heteroatoms. The number of hydrogen-bond acceptors (Lipinski definition) is 8. The lowest BCUT2D eigenvalue weighted by Crippen LogP contribution is -2.62. The molecule has 1 aromatic rings. The number of aromatic nitrogens is 2. The molecular formula is C39H57N7O6. The normalized spacial score (nSPS) is 21.1. The van der Waals surface area contributed by atoms with Crippen LogP contribution in [0.5, 0.6) is 0 Å². The fourth-order valence-electron chi connectivity index (χ4n) is 7.51. The maximum atomic E-state index is 14.7. The largest absolute Gasteiger partial charge is 0.346 e. The van der Waals surface area contributed by atoms with Crippen LogP contribution in [0.3, 0.4) is 0 Å². The van der Waals surface area contributed by atoms with E-state index in [9.17, 15) is 28.8 Å². The lowest BCUT2D eigenvalue weighted by atomic mass is 9.80. The average Bonchev–Trinajstić information content (AvgIpc) is 3.51. The molecule has 1 aliphatic heterocycles. The summed E-state index contributed by atoms with van der Waals surface area (Å²) in [5, 5.41) is 11.3. The Bertz CT molecular complexity index is 1490. The van der Waals surface area contributed by atoms with Crippen LogP contribution in [0.4, 0.5) is 0 Å². The van der Waals surface area contributed by atoms with E-state index < -0.39 is 64.9 Å². The van der Waals surface area contributed by atoms with E-state index in [4.69, 9.17) is 0 Å². The molecule has 0 bridgehead atoms. The van der Waals surface area contributed by atoms with Crippen molar-refractivity contribution >= 4 is 35.3 Å². The van der Waals surface area contributed by atoms with Crippen LogP contribution in [-0.2, 0) is 24.0 Å². The minimum Gasteiger partial charge on any atom is -0.346 e. The number of likely N-dealkylation sites (tertiary alicyclic amines) is 1. The molecule has 2 heterocycles. The van der Waals surface area contributed by atoms with Crippen molar-refractivity contribution < 1.29 is 28.8 Å². The lowest BCUT2D eigenvalue weighted by Gasteiger charge is -2.38. The number of ketones is 1. The zero-order valence-electron chi connectivity index (χ0n) is 31.4. The first kappa shape index (κ1) is 40.4. The van der Waals surface area contributed by atoms with E-state index >= 15 is 0 Å². The molecule has 52 heavy (non-hydrogen) atoms. The number of nitrogens with zero attached hydrogens (tertiary/aromatic N) is 3. The zero-order valence-corrected chi connectivity index (χ0v) is 31.4. The molecule has 0 aromatic carbocycles. The maximum absolute atomic E-state index is 14.7. The Kier molecular flexibility index (Phi) is 14.3.